The van der Waals surface area contributed by atoms with E-state index in [1.165, 1.54) is 0 Å². The number of nitrogens with zero attached hydrogens (tertiary/aromatic N) is 1. The Hall–Kier alpha value is -2.41. The lowest BCUT2D eigenvalue weighted by Crippen LogP contribution is -2.16. The number of rotatable bonds is 3. The normalized spacial score (nSPS) is 10.3. The zero-order valence-electron chi connectivity index (χ0n) is 11.1. The van der Waals surface area contributed by atoms with Gasteiger partial charge in [0.1, 0.15) is 4.88 Å². The Morgan fingerprint density at radius 2 is 2.00 bits per heavy atom. The van der Waals surface area contributed by atoms with Crippen LogP contribution in [0.1, 0.15) is 31.3 Å². The van der Waals surface area contributed by atoms with Gasteiger partial charge in [0.05, 0.1) is 5.69 Å². The quantitative estimate of drug-likeness (QED) is 0.798. The molecule has 6 nitrogen and oxygen atoms in total. The predicted octanol–water partition coefficient (Wildman–Crippen LogP) is 1.69. The lowest BCUT2D eigenvalue weighted by atomic mass is 10.1. The van der Waals surface area contributed by atoms with Gasteiger partial charge in [-0.2, -0.15) is 0 Å². The molecule has 2 rings (SSSR count). The Kier molecular flexibility index (Phi) is 3.71. The molecule has 0 unspecified atom stereocenters. The Morgan fingerprint density at radius 3 is 2.55 bits per heavy atom. The molecule has 2 amide bonds. The SMILES string of the molecule is Cc1nc(N)sc1C(=O)Nc1cccc(C(N)=O)c1C. The van der Waals surface area contributed by atoms with E-state index in [9.17, 15) is 9.59 Å². The topological polar surface area (TPSA) is 111 Å². The predicted molar refractivity (Wildman–Crippen MR) is 78.9 cm³/mol. The van der Waals surface area contributed by atoms with E-state index in [1.807, 2.05) is 0 Å². The highest BCUT2D eigenvalue weighted by atomic mass is 32.1. The Balaban J connectivity index is 2.31. The summed E-state index contributed by atoms with van der Waals surface area (Å²) < 4.78 is 0. The van der Waals surface area contributed by atoms with Crippen molar-refractivity contribution in [3.8, 4) is 0 Å². The molecule has 0 aliphatic rings. The first-order valence-electron chi connectivity index (χ1n) is 5.84. The first kappa shape index (κ1) is 14.0. The third kappa shape index (κ3) is 2.62. The van der Waals surface area contributed by atoms with Crippen molar-refractivity contribution >= 4 is 34.0 Å². The summed E-state index contributed by atoms with van der Waals surface area (Å²) in [6.07, 6.45) is 0. The van der Waals surface area contributed by atoms with E-state index >= 15 is 0 Å². The van der Waals surface area contributed by atoms with Crippen LogP contribution in [0.2, 0.25) is 0 Å². The van der Waals surface area contributed by atoms with E-state index < -0.39 is 5.91 Å². The van der Waals surface area contributed by atoms with Gasteiger partial charge in [0.15, 0.2) is 5.13 Å². The molecule has 5 N–H and O–H groups in total. The van der Waals surface area contributed by atoms with Crippen LogP contribution in [0.25, 0.3) is 0 Å². The summed E-state index contributed by atoms with van der Waals surface area (Å²) in [4.78, 5) is 27.9. The molecule has 2 aromatic rings. The number of thiazole rings is 1. The van der Waals surface area contributed by atoms with Crippen molar-refractivity contribution in [2.75, 3.05) is 11.1 Å². The highest BCUT2D eigenvalue weighted by Gasteiger charge is 2.16. The number of anilines is 2. The minimum Gasteiger partial charge on any atom is -0.375 e. The molecule has 1 heterocycles. The molecule has 1 aromatic heterocycles. The van der Waals surface area contributed by atoms with Gasteiger partial charge in [0.2, 0.25) is 5.91 Å². The number of carbonyl (C=O) groups excluding carboxylic acids is 2. The Morgan fingerprint density at radius 1 is 1.30 bits per heavy atom. The number of nitrogens with one attached hydrogen (secondary N) is 1. The molecule has 20 heavy (non-hydrogen) atoms. The first-order valence-corrected chi connectivity index (χ1v) is 6.65. The number of hydrogen-bond acceptors (Lipinski definition) is 5. The van der Waals surface area contributed by atoms with Crippen LogP contribution >= 0.6 is 11.3 Å². The average Bonchev–Trinajstić information content (AvgIpc) is 2.70. The minimum atomic E-state index is -0.531. The molecule has 1 aromatic carbocycles. The van der Waals surface area contributed by atoms with Crippen LogP contribution in [-0.2, 0) is 0 Å². The lowest BCUT2D eigenvalue weighted by molar-refractivity contribution is 0.0996. The molecular weight excluding hydrogens is 276 g/mol. The van der Waals surface area contributed by atoms with Gasteiger partial charge < -0.3 is 16.8 Å². The largest absolute Gasteiger partial charge is 0.375 e. The maximum Gasteiger partial charge on any atom is 0.267 e. The molecule has 0 atom stereocenters. The van der Waals surface area contributed by atoms with Crippen molar-refractivity contribution in [3.63, 3.8) is 0 Å². The van der Waals surface area contributed by atoms with Crippen LogP contribution in [0.4, 0.5) is 10.8 Å². The van der Waals surface area contributed by atoms with E-state index in [-0.39, 0.29) is 5.91 Å². The molecule has 0 saturated carbocycles. The van der Waals surface area contributed by atoms with Gasteiger partial charge in [-0.25, -0.2) is 4.98 Å². The fourth-order valence-electron chi connectivity index (χ4n) is 1.85. The fourth-order valence-corrected chi connectivity index (χ4v) is 2.57. The van der Waals surface area contributed by atoms with Crippen molar-refractivity contribution < 1.29 is 9.59 Å². The summed E-state index contributed by atoms with van der Waals surface area (Å²) >= 11 is 1.12. The third-order valence-corrected chi connectivity index (χ3v) is 3.85. The van der Waals surface area contributed by atoms with Crippen LogP contribution in [0, 0.1) is 13.8 Å². The van der Waals surface area contributed by atoms with Crippen molar-refractivity contribution in [1.82, 2.24) is 4.98 Å². The van der Waals surface area contributed by atoms with Gasteiger partial charge in [0.25, 0.3) is 5.91 Å². The lowest BCUT2D eigenvalue weighted by Gasteiger charge is -2.10. The maximum absolute atomic E-state index is 12.2. The van der Waals surface area contributed by atoms with Crippen molar-refractivity contribution in [3.05, 3.63) is 39.9 Å². The smallest absolute Gasteiger partial charge is 0.267 e. The number of amides is 2. The Bertz CT molecular complexity index is 694. The standard InChI is InChI=1S/C13H14N4O2S/c1-6-8(11(14)18)4-3-5-9(6)17-12(19)10-7(2)16-13(15)20-10/h3-5H,1-2H3,(H2,14,18)(H2,15,16)(H,17,19). The fraction of sp³-hybridized carbons (Fsp3) is 0.154. The van der Waals surface area contributed by atoms with Crippen LogP contribution < -0.4 is 16.8 Å². The second-order valence-corrected chi connectivity index (χ2v) is 5.29. The second kappa shape index (κ2) is 5.30. The molecule has 0 bridgehead atoms. The van der Waals surface area contributed by atoms with Crippen LogP contribution in [0.5, 0.6) is 0 Å². The average molecular weight is 290 g/mol. The summed E-state index contributed by atoms with van der Waals surface area (Å²) in [5.74, 6) is -0.835. The highest BCUT2D eigenvalue weighted by molar-refractivity contribution is 7.17. The summed E-state index contributed by atoms with van der Waals surface area (Å²) in [5, 5.41) is 3.09. The molecule has 7 heteroatoms. The number of carbonyl (C=O) groups is 2. The highest BCUT2D eigenvalue weighted by Crippen LogP contribution is 2.23. The summed E-state index contributed by atoms with van der Waals surface area (Å²) in [6, 6.07) is 4.99. The van der Waals surface area contributed by atoms with Gasteiger partial charge in [0, 0.05) is 11.3 Å². The second-order valence-electron chi connectivity index (χ2n) is 4.26. The molecule has 0 fully saturated rings. The number of benzene rings is 1. The molecule has 0 aliphatic carbocycles. The number of nitrogens with two attached hydrogens (primary N) is 2. The van der Waals surface area contributed by atoms with E-state index in [0.29, 0.717) is 32.5 Å². The van der Waals surface area contributed by atoms with Crippen molar-refractivity contribution in [2.45, 2.75) is 13.8 Å². The van der Waals surface area contributed by atoms with Crippen LogP contribution in [-0.4, -0.2) is 16.8 Å². The van der Waals surface area contributed by atoms with Gasteiger partial charge in [-0.05, 0) is 31.5 Å². The molecule has 0 spiro atoms. The zero-order chi connectivity index (χ0) is 14.9. The van der Waals surface area contributed by atoms with Crippen molar-refractivity contribution in [2.24, 2.45) is 5.73 Å². The summed E-state index contributed by atoms with van der Waals surface area (Å²) in [5.41, 5.74) is 13.0. The molecule has 0 saturated heterocycles. The zero-order valence-corrected chi connectivity index (χ0v) is 11.9. The first-order chi connectivity index (χ1) is 9.40. The van der Waals surface area contributed by atoms with E-state index in [2.05, 4.69) is 10.3 Å². The van der Waals surface area contributed by atoms with Crippen molar-refractivity contribution in [1.29, 1.82) is 0 Å². The molecule has 104 valence electrons. The number of nitrogen functional groups attached to an aromatic ring is 1. The van der Waals surface area contributed by atoms with Gasteiger partial charge in [-0.1, -0.05) is 17.4 Å². The summed E-state index contributed by atoms with van der Waals surface area (Å²) in [6.45, 7) is 3.44. The van der Waals surface area contributed by atoms with Gasteiger partial charge in [-0.3, -0.25) is 9.59 Å². The monoisotopic (exact) mass is 290 g/mol. The molecule has 0 radical (unpaired) electrons. The van der Waals surface area contributed by atoms with E-state index in [0.717, 1.165) is 11.3 Å². The minimum absolute atomic E-state index is 0.304. The maximum atomic E-state index is 12.2. The third-order valence-electron chi connectivity index (χ3n) is 2.87. The van der Waals surface area contributed by atoms with Gasteiger partial charge in [-0.15, -0.1) is 0 Å². The number of aryl methyl sites for hydroxylation is 1. The van der Waals surface area contributed by atoms with Gasteiger partial charge >= 0.3 is 0 Å². The number of primary amides is 1. The van der Waals surface area contributed by atoms with Crippen LogP contribution in [0.3, 0.4) is 0 Å². The van der Waals surface area contributed by atoms with E-state index in [1.54, 1.807) is 32.0 Å². The van der Waals surface area contributed by atoms with E-state index in [4.69, 9.17) is 11.5 Å². The summed E-state index contributed by atoms with van der Waals surface area (Å²) in [7, 11) is 0. The Labute approximate surface area is 119 Å². The number of aromatic nitrogens is 1. The molecule has 0 aliphatic heterocycles. The number of hydrogen-bond donors (Lipinski definition) is 3. The van der Waals surface area contributed by atoms with Crippen LogP contribution in [0.15, 0.2) is 18.2 Å². The molecular formula is C13H14N4O2S.